The lowest BCUT2D eigenvalue weighted by Gasteiger charge is -2.39. The summed E-state index contributed by atoms with van der Waals surface area (Å²) in [7, 11) is 1.45. The molecule has 0 radical (unpaired) electrons. The fourth-order valence-electron chi connectivity index (χ4n) is 5.44. The molecule has 12 heteroatoms. The third-order valence-electron chi connectivity index (χ3n) is 7.40. The van der Waals surface area contributed by atoms with Gasteiger partial charge in [-0.15, -0.1) is 0 Å². The van der Waals surface area contributed by atoms with Crippen LogP contribution in [0.25, 0.3) is 11.0 Å². The number of nitrogens with one attached hydrogen (secondary N) is 2. The number of halogens is 1. The van der Waals surface area contributed by atoms with E-state index in [-0.39, 0.29) is 35.9 Å². The second-order valence-electron chi connectivity index (χ2n) is 10.1. The number of hydrogen-bond acceptors (Lipinski definition) is 9. The highest BCUT2D eigenvalue weighted by molar-refractivity contribution is 5.94. The fraction of sp³-hybridized carbons (Fsp3) is 0.464. The number of fused-ring (bicyclic) bond motifs is 2. The normalized spacial score (nSPS) is 17.0. The molecule has 0 spiro atoms. The van der Waals surface area contributed by atoms with Crippen LogP contribution < -0.4 is 20.1 Å². The molecule has 1 saturated carbocycles. The zero-order valence-corrected chi connectivity index (χ0v) is 22.2. The van der Waals surface area contributed by atoms with Gasteiger partial charge in [-0.1, -0.05) is 19.3 Å². The van der Waals surface area contributed by atoms with Crippen LogP contribution in [0.15, 0.2) is 30.5 Å². The highest BCUT2D eigenvalue weighted by Crippen LogP contribution is 2.41. The molecule has 1 unspecified atom stereocenters. The molecule has 2 aliphatic rings. The Bertz CT molecular complexity index is 1400. The molecule has 0 aromatic carbocycles. The Labute approximate surface area is 230 Å². The number of ether oxygens (including phenoxy) is 3. The summed E-state index contributed by atoms with van der Waals surface area (Å²) in [4.78, 5) is 37.0. The molecule has 1 atom stereocenters. The molecule has 3 aromatic heterocycles. The van der Waals surface area contributed by atoms with Gasteiger partial charge in [0.1, 0.15) is 5.82 Å². The van der Waals surface area contributed by atoms with Gasteiger partial charge in [0.2, 0.25) is 5.88 Å². The highest BCUT2D eigenvalue weighted by atomic mass is 19.1. The van der Waals surface area contributed by atoms with Crippen LogP contribution in [0.4, 0.5) is 10.2 Å². The molecular weight excluding hydrogens is 521 g/mol. The van der Waals surface area contributed by atoms with E-state index in [9.17, 15) is 14.7 Å². The third kappa shape index (κ3) is 6.13. The van der Waals surface area contributed by atoms with Crippen molar-refractivity contribution < 1.29 is 33.3 Å². The number of carboxylic acid groups (broad SMARTS) is 1. The topological polar surface area (TPSA) is 145 Å². The lowest BCUT2D eigenvalue weighted by molar-refractivity contribution is -0.143. The number of aromatic nitrogens is 3. The van der Waals surface area contributed by atoms with Gasteiger partial charge < -0.3 is 30.0 Å². The molecule has 11 nitrogen and oxygen atoms in total. The second kappa shape index (κ2) is 12.1. The maximum absolute atomic E-state index is 15.2. The maximum Gasteiger partial charge on any atom is 0.311 e. The van der Waals surface area contributed by atoms with Crippen LogP contribution in [-0.2, 0) is 20.9 Å². The maximum atomic E-state index is 15.2. The minimum absolute atomic E-state index is 0.00220. The standard InChI is InChI=1S/C28H32FN5O6/c1-38-23-8-6-20-25(34-23)24(19(29)15-31-20)18(27(36)37)13-28(9-3-2-4-10-28)40-12-11-30-14-17-5-7-21-26(32-17)33-22(35)16-39-21/h5-8,15,18,30H,2-4,9-14,16H2,1H3,(H,36,37)(H,32,33,35). The van der Waals surface area contributed by atoms with Crippen LogP contribution in [0.2, 0.25) is 0 Å². The average Bonchev–Trinajstić information content (AvgIpc) is 2.96. The zero-order valence-electron chi connectivity index (χ0n) is 22.2. The predicted octanol–water partition coefficient (Wildman–Crippen LogP) is 3.57. The largest absolute Gasteiger partial charge is 0.481 e. The van der Waals surface area contributed by atoms with E-state index in [1.54, 1.807) is 18.2 Å². The Balaban J connectivity index is 1.28. The number of pyridine rings is 3. The molecule has 212 valence electrons. The number of amides is 1. The molecule has 1 fully saturated rings. The van der Waals surface area contributed by atoms with E-state index < -0.39 is 23.3 Å². The quantitative estimate of drug-likeness (QED) is 0.301. The Morgan fingerprint density at radius 2 is 2.05 bits per heavy atom. The molecule has 0 saturated heterocycles. The SMILES string of the molecule is COc1ccc2ncc(F)c(C(CC3(OCCNCc4ccc5c(n4)NC(=O)CO5)CCCCC3)C(=O)O)c2n1. The molecule has 40 heavy (non-hydrogen) atoms. The van der Waals surface area contributed by atoms with Crippen molar-refractivity contribution in [3.63, 3.8) is 0 Å². The number of anilines is 1. The van der Waals surface area contributed by atoms with Gasteiger partial charge in [-0.2, -0.15) is 0 Å². The van der Waals surface area contributed by atoms with Gasteiger partial charge in [0, 0.05) is 24.7 Å². The van der Waals surface area contributed by atoms with E-state index >= 15 is 4.39 Å². The molecule has 4 heterocycles. The third-order valence-corrected chi connectivity index (χ3v) is 7.40. The monoisotopic (exact) mass is 553 g/mol. The summed E-state index contributed by atoms with van der Waals surface area (Å²) >= 11 is 0. The van der Waals surface area contributed by atoms with Crippen molar-refractivity contribution in [2.45, 2.75) is 56.6 Å². The van der Waals surface area contributed by atoms with Gasteiger partial charge >= 0.3 is 5.97 Å². The van der Waals surface area contributed by atoms with Crippen molar-refractivity contribution in [3.8, 4) is 11.6 Å². The summed E-state index contributed by atoms with van der Waals surface area (Å²) in [5.74, 6) is -2.09. The molecule has 1 aliphatic carbocycles. The molecule has 3 N–H and O–H groups in total. The summed E-state index contributed by atoms with van der Waals surface area (Å²) in [6.45, 7) is 1.25. The van der Waals surface area contributed by atoms with Crippen LogP contribution in [0.3, 0.4) is 0 Å². The Kier molecular flexibility index (Phi) is 8.36. The van der Waals surface area contributed by atoms with E-state index in [0.29, 0.717) is 49.6 Å². The zero-order chi connectivity index (χ0) is 28.1. The Morgan fingerprint density at radius 3 is 2.83 bits per heavy atom. The summed E-state index contributed by atoms with van der Waals surface area (Å²) in [5.41, 5.74) is 0.588. The second-order valence-corrected chi connectivity index (χ2v) is 10.1. The van der Waals surface area contributed by atoms with E-state index in [4.69, 9.17) is 14.2 Å². The van der Waals surface area contributed by atoms with Crippen LogP contribution in [0, 0.1) is 5.82 Å². The first-order valence-corrected chi connectivity index (χ1v) is 13.4. The van der Waals surface area contributed by atoms with Crippen molar-refractivity contribution in [2.75, 3.05) is 32.2 Å². The first-order valence-electron chi connectivity index (χ1n) is 13.4. The Hall–Kier alpha value is -3.90. The number of rotatable bonds is 11. The lowest BCUT2D eigenvalue weighted by Crippen LogP contribution is -2.40. The van der Waals surface area contributed by atoms with Crippen LogP contribution in [0.5, 0.6) is 11.6 Å². The summed E-state index contributed by atoms with van der Waals surface area (Å²) in [6.07, 6.45) is 5.37. The minimum atomic E-state index is -1.17. The number of hydrogen-bond donors (Lipinski definition) is 3. The van der Waals surface area contributed by atoms with Gasteiger partial charge in [-0.25, -0.2) is 14.4 Å². The Morgan fingerprint density at radius 1 is 1.23 bits per heavy atom. The fourth-order valence-corrected chi connectivity index (χ4v) is 5.44. The van der Waals surface area contributed by atoms with E-state index in [1.165, 1.54) is 7.11 Å². The van der Waals surface area contributed by atoms with Crippen molar-refractivity contribution in [1.82, 2.24) is 20.3 Å². The van der Waals surface area contributed by atoms with Crippen molar-refractivity contribution >= 4 is 28.7 Å². The lowest BCUT2D eigenvalue weighted by atomic mass is 9.76. The number of carbonyl (C=O) groups is 2. The van der Waals surface area contributed by atoms with Crippen LogP contribution >= 0.6 is 0 Å². The summed E-state index contributed by atoms with van der Waals surface area (Å²) in [5, 5.41) is 16.2. The van der Waals surface area contributed by atoms with Gasteiger partial charge in [-0.05, 0) is 37.5 Å². The van der Waals surface area contributed by atoms with E-state index in [1.807, 2.05) is 6.07 Å². The van der Waals surface area contributed by atoms with Crippen LogP contribution in [0.1, 0.15) is 55.7 Å². The summed E-state index contributed by atoms with van der Waals surface area (Å²) < 4.78 is 32.1. The number of carbonyl (C=O) groups excluding carboxylic acids is 1. The van der Waals surface area contributed by atoms with Gasteiger partial charge in [-0.3, -0.25) is 14.6 Å². The van der Waals surface area contributed by atoms with Crippen molar-refractivity contribution in [3.05, 3.63) is 47.5 Å². The molecule has 0 bridgehead atoms. The predicted molar refractivity (Wildman–Crippen MR) is 143 cm³/mol. The molecule has 3 aromatic rings. The number of aliphatic carboxylic acids is 1. The number of methoxy groups -OCH3 is 1. The van der Waals surface area contributed by atoms with Gasteiger partial charge in [0.05, 0.1) is 48.2 Å². The number of nitrogens with zero attached hydrogens (tertiary/aromatic N) is 3. The first-order chi connectivity index (χ1) is 19.4. The first kappa shape index (κ1) is 27.7. The average molecular weight is 554 g/mol. The molecule has 1 amide bonds. The molecule has 5 rings (SSSR count). The van der Waals surface area contributed by atoms with E-state index in [2.05, 4.69) is 25.6 Å². The van der Waals surface area contributed by atoms with Gasteiger partial charge in [0.25, 0.3) is 5.91 Å². The molecule has 1 aliphatic heterocycles. The van der Waals surface area contributed by atoms with Crippen molar-refractivity contribution in [1.29, 1.82) is 0 Å². The van der Waals surface area contributed by atoms with Crippen molar-refractivity contribution in [2.24, 2.45) is 0 Å². The smallest absolute Gasteiger partial charge is 0.311 e. The number of carboxylic acids is 1. The van der Waals surface area contributed by atoms with E-state index in [0.717, 1.165) is 31.2 Å². The summed E-state index contributed by atoms with van der Waals surface area (Å²) in [6, 6.07) is 6.83. The van der Waals surface area contributed by atoms with Crippen LogP contribution in [-0.4, -0.2) is 64.4 Å². The molecular formula is C28H32FN5O6. The minimum Gasteiger partial charge on any atom is -0.481 e. The highest BCUT2D eigenvalue weighted by Gasteiger charge is 2.40. The van der Waals surface area contributed by atoms with Gasteiger partial charge in [0.15, 0.2) is 18.2 Å².